The van der Waals surface area contributed by atoms with Crippen molar-refractivity contribution in [2.24, 2.45) is 11.8 Å². The standard InChI is InChI=1S/C33H23BrCl2N2O3/c34-20-14-16-21(17-15-20)37-29(39)26(18-19-8-2-1-3-9-19)38-30(40)27-28(31(38)41)33(36)23-11-5-4-10-22(23)32(27,35)24-12-6-7-13-25(24)33/h1-17,26-28H,18H2,(H,37,39)/t26-,27+,28+,32?,33?/m0/s1. The number of nitrogens with zero attached hydrogens (tertiary/aromatic N) is 1. The molecule has 0 unspecified atom stereocenters. The highest BCUT2D eigenvalue weighted by atomic mass is 79.9. The molecule has 0 aromatic heterocycles. The molecule has 2 bridgehead atoms. The minimum atomic E-state index is -1.31. The van der Waals surface area contributed by atoms with Gasteiger partial charge in [-0.05, 0) is 52.1 Å². The first-order valence-corrected chi connectivity index (χ1v) is 14.9. The highest BCUT2D eigenvalue weighted by Crippen LogP contribution is 2.69. The second-order valence-electron chi connectivity index (χ2n) is 10.7. The molecule has 0 saturated carbocycles. The van der Waals surface area contributed by atoms with Crippen molar-refractivity contribution in [1.82, 2.24) is 4.90 Å². The predicted molar refractivity (Wildman–Crippen MR) is 162 cm³/mol. The zero-order valence-corrected chi connectivity index (χ0v) is 24.7. The van der Waals surface area contributed by atoms with Crippen LogP contribution < -0.4 is 5.32 Å². The quantitative estimate of drug-likeness (QED) is 0.197. The van der Waals surface area contributed by atoms with Crippen LogP contribution in [-0.4, -0.2) is 28.7 Å². The summed E-state index contributed by atoms with van der Waals surface area (Å²) >= 11 is 18.6. The van der Waals surface area contributed by atoms with Gasteiger partial charge in [0.1, 0.15) is 15.8 Å². The number of likely N-dealkylation sites (tertiary alicyclic amines) is 1. The second-order valence-corrected chi connectivity index (χ2v) is 12.8. The zero-order valence-electron chi connectivity index (χ0n) is 21.6. The van der Waals surface area contributed by atoms with E-state index in [1.54, 1.807) is 12.1 Å². The van der Waals surface area contributed by atoms with Crippen molar-refractivity contribution in [1.29, 1.82) is 0 Å². The molecule has 4 aromatic rings. The molecule has 3 amide bonds. The Kier molecular flexibility index (Phi) is 6.16. The molecule has 3 atom stereocenters. The number of hydrogen-bond acceptors (Lipinski definition) is 3. The maximum Gasteiger partial charge on any atom is 0.248 e. The van der Waals surface area contributed by atoms with E-state index in [0.29, 0.717) is 5.69 Å². The Hall–Kier alpha value is -3.45. The number of imide groups is 1. The number of halogens is 3. The number of alkyl halides is 2. The van der Waals surface area contributed by atoms with Crippen molar-refractivity contribution < 1.29 is 14.4 Å². The van der Waals surface area contributed by atoms with Crippen LogP contribution in [0.5, 0.6) is 0 Å². The zero-order chi connectivity index (χ0) is 28.5. The lowest BCUT2D eigenvalue weighted by atomic mass is 9.54. The number of benzene rings is 4. The van der Waals surface area contributed by atoms with E-state index >= 15 is 0 Å². The number of carbonyl (C=O) groups is 3. The lowest BCUT2D eigenvalue weighted by Gasteiger charge is -2.54. The monoisotopic (exact) mass is 644 g/mol. The average molecular weight is 646 g/mol. The van der Waals surface area contributed by atoms with E-state index in [1.807, 2.05) is 91.0 Å². The fraction of sp³-hybridized carbons (Fsp3) is 0.182. The summed E-state index contributed by atoms with van der Waals surface area (Å²) in [6.07, 6.45) is 0.143. The Morgan fingerprint density at radius 1 is 0.732 bits per heavy atom. The van der Waals surface area contributed by atoms with Gasteiger partial charge in [0.15, 0.2) is 0 Å². The Bertz CT molecular complexity index is 1600. The summed E-state index contributed by atoms with van der Waals surface area (Å²) in [7, 11) is 0. The molecule has 204 valence electrons. The largest absolute Gasteiger partial charge is 0.324 e. The fourth-order valence-electron chi connectivity index (χ4n) is 6.89. The SMILES string of the molecule is O=C(Nc1ccc(Br)cc1)[C@H](Cc1ccccc1)N1C(=O)[C@H]2[C@H](C1=O)C1(Cl)c3ccccc3C2(Cl)c2ccccc21. The number of rotatable bonds is 5. The number of anilines is 1. The van der Waals surface area contributed by atoms with Crippen LogP contribution in [0.15, 0.2) is 108 Å². The third-order valence-corrected chi connectivity index (χ3v) is 10.4. The van der Waals surface area contributed by atoms with Crippen molar-refractivity contribution in [3.05, 3.63) is 135 Å². The van der Waals surface area contributed by atoms with Crippen LogP contribution in [0, 0.1) is 11.8 Å². The first kappa shape index (κ1) is 26.4. The van der Waals surface area contributed by atoms with Crippen molar-refractivity contribution in [2.45, 2.75) is 22.2 Å². The highest BCUT2D eigenvalue weighted by molar-refractivity contribution is 9.10. The molecule has 41 heavy (non-hydrogen) atoms. The predicted octanol–water partition coefficient (Wildman–Crippen LogP) is 6.59. The normalized spacial score (nSPS) is 26.3. The van der Waals surface area contributed by atoms with E-state index in [4.69, 9.17) is 23.2 Å². The minimum Gasteiger partial charge on any atom is -0.324 e. The number of amides is 3. The lowest BCUT2D eigenvalue weighted by Crippen LogP contribution is -2.57. The van der Waals surface area contributed by atoms with Gasteiger partial charge >= 0.3 is 0 Å². The van der Waals surface area contributed by atoms with Crippen molar-refractivity contribution >= 4 is 62.5 Å². The van der Waals surface area contributed by atoms with Crippen molar-refractivity contribution in [2.75, 3.05) is 5.32 Å². The molecule has 1 saturated heterocycles. The topological polar surface area (TPSA) is 66.5 Å². The lowest BCUT2D eigenvalue weighted by molar-refractivity contribution is -0.146. The van der Waals surface area contributed by atoms with Crippen molar-refractivity contribution in [3.63, 3.8) is 0 Å². The molecule has 3 aliphatic carbocycles. The summed E-state index contributed by atoms with van der Waals surface area (Å²) < 4.78 is 0.861. The molecular weight excluding hydrogens is 623 g/mol. The fourth-order valence-corrected chi connectivity index (χ4v) is 8.26. The Labute approximate surface area is 255 Å². The smallest absolute Gasteiger partial charge is 0.248 e. The van der Waals surface area contributed by atoms with Gasteiger partial charge in [-0.25, -0.2) is 0 Å². The number of hydrogen-bond donors (Lipinski definition) is 1. The molecular formula is C33H23BrCl2N2O3. The molecule has 5 nitrogen and oxygen atoms in total. The summed E-state index contributed by atoms with van der Waals surface area (Å²) in [5.74, 6) is -3.39. The van der Waals surface area contributed by atoms with E-state index < -0.39 is 45.3 Å². The van der Waals surface area contributed by atoms with Gasteiger partial charge in [0.2, 0.25) is 17.7 Å². The summed E-state index contributed by atoms with van der Waals surface area (Å²) in [6.45, 7) is 0. The van der Waals surface area contributed by atoms with Crippen molar-refractivity contribution in [3.8, 4) is 0 Å². The Morgan fingerprint density at radius 3 is 1.63 bits per heavy atom. The Morgan fingerprint density at radius 2 is 1.17 bits per heavy atom. The van der Waals surface area contributed by atoms with Gasteiger partial charge in [0.05, 0.1) is 11.8 Å². The van der Waals surface area contributed by atoms with E-state index in [1.165, 1.54) is 0 Å². The van der Waals surface area contributed by atoms with Crippen LogP contribution in [0.3, 0.4) is 0 Å². The molecule has 4 aliphatic rings. The molecule has 1 heterocycles. The van der Waals surface area contributed by atoms with Crippen LogP contribution in [-0.2, 0) is 30.6 Å². The molecule has 1 N–H and O–H groups in total. The summed E-state index contributed by atoms with van der Waals surface area (Å²) in [4.78, 5) is 41.5. The first-order valence-electron chi connectivity index (χ1n) is 13.3. The summed E-state index contributed by atoms with van der Waals surface area (Å²) in [5, 5.41) is 2.91. The average Bonchev–Trinajstić information content (AvgIpc) is 3.27. The van der Waals surface area contributed by atoms with Gasteiger partial charge in [-0.1, -0.05) is 94.8 Å². The van der Waals surface area contributed by atoms with Gasteiger partial charge in [-0.2, -0.15) is 0 Å². The first-order chi connectivity index (χ1) is 19.8. The number of nitrogens with one attached hydrogen (secondary N) is 1. The second kappa shape index (κ2) is 9.55. The van der Waals surface area contributed by atoms with Gasteiger partial charge in [-0.15, -0.1) is 23.2 Å². The van der Waals surface area contributed by atoms with Crippen LogP contribution in [0.25, 0.3) is 0 Å². The molecule has 8 heteroatoms. The minimum absolute atomic E-state index is 0.143. The molecule has 1 fully saturated rings. The van der Waals surface area contributed by atoms with Gasteiger partial charge in [-0.3, -0.25) is 19.3 Å². The van der Waals surface area contributed by atoms with E-state index in [2.05, 4.69) is 21.2 Å². The van der Waals surface area contributed by atoms with Gasteiger partial charge < -0.3 is 5.32 Å². The number of carbonyl (C=O) groups excluding carboxylic acids is 3. The molecule has 0 radical (unpaired) electrons. The molecule has 8 rings (SSSR count). The molecule has 1 aliphatic heterocycles. The third-order valence-electron chi connectivity index (χ3n) is 8.62. The van der Waals surface area contributed by atoms with Gasteiger partial charge in [0.25, 0.3) is 0 Å². The summed E-state index contributed by atoms with van der Waals surface area (Å²) in [5.41, 5.74) is 4.25. The maximum atomic E-state index is 14.5. The maximum absolute atomic E-state index is 14.5. The van der Waals surface area contributed by atoms with Crippen LogP contribution in [0.1, 0.15) is 27.8 Å². The van der Waals surface area contributed by atoms with Crippen LogP contribution in [0.4, 0.5) is 5.69 Å². The highest BCUT2D eigenvalue weighted by Gasteiger charge is 2.73. The van der Waals surface area contributed by atoms with Crippen LogP contribution in [0.2, 0.25) is 0 Å². The Balaban J connectivity index is 1.36. The van der Waals surface area contributed by atoms with Crippen LogP contribution >= 0.6 is 39.1 Å². The van der Waals surface area contributed by atoms with E-state index in [9.17, 15) is 14.4 Å². The van der Waals surface area contributed by atoms with E-state index in [-0.39, 0.29) is 6.42 Å². The molecule has 0 spiro atoms. The van der Waals surface area contributed by atoms with E-state index in [0.717, 1.165) is 37.2 Å². The van der Waals surface area contributed by atoms with Gasteiger partial charge in [0, 0.05) is 16.6 Å². The third kappa shape index (κ3) is 3.70. The summed E-state index contributed by atoms with van der Waals surface area (Å²) in [6, 6.07) is 30.4. The molecule has 4 aromatic carbocycles.